The van der Waals surface area contributed by atoms with Crippen molar-refractivity contribution in [3.8, 4) is 0 Å². The van der Waals surface area contributed by atoms with Crippen molar-refractivity contribution in [2.45, 2.75) is 17.7 Å². The van der Waals surface area contributed by atoms with Gasteiger partial charge >= 0.3 is 5.69 Å². The number of fused-ring (bicyclic) bond motifs is 1. The summed E-state index contributed by atoms with van der Waals surface area (Å²) in [5.41, 5.74) is 0.373. The number of aromatic nitrogens is 2. The molecule has 0 radical (unpaired) electrons. The van der Waals surface area contributed by atoms with Crippen molar-refractivity contribution in [1.82, 2.24) is 14.3 Å². The van der Waals surface area contributed by atoms with Gasteiger partial charge < -0.3 is 15.2 Å². The molecule has 0 saturated carbocycles. The van der Waals surface area contributed by atoms with Crippen molar-refractivity contribution in [3.05, 3.63) is 62.8 Å². The number of anilines is 2. The molecule has 168 valence electrons. The SMILES string of the molecule is CN(C)S(=O)(=O)c1ccc(N2CCCC2)c(C(=O)Nc2ccc3[nH]c(=O)[nH]c(=O)c3c2)c1. The second kappa shape index (κ2) is 8.24. The molecule has 0 atom stereocenters. The number of hydrogen-bond acceptors (Lipinski definition) is 6. The number of hydrogen-bond donors (Lipinski definition) is 3. The average Bonchev–Trinajstić information content (AvgIpc) is 3.28. The first-order valence-corrected chi connectivity index (χ1v) is 11.5. The Morgan fingerprint density at radius 3 is 2.44 bits per heavy atom. The maximum Gasteiger partial charge on any atom is 0.326 e. The van der Waals surface area contributed by atoms with E-state index in [1.165, 1.54) is 38.4 Å². The van der Waals surface area contributed by atoms with E-state index in [1.807, 2.05) is 0 Å². The van der Waals surface area contributed by atoms with Crippen LogP contribution in [0.4, 0.5) is 11.4 Å². The van der Waals surface area contributed by atoms with E-state index in [1.54, 1.807) is 12.1 Å². The van der Waals surface area contributed by atoms with Crippen LogP contribution in [0, 0.1) is 0 Å². The Balaban J connectivity index is 1.75. The summed E-state index contributed by atoms with van der Waals surface area (Å²) in [4.78, 5) is 43.5. The molecule has 32 heavy (non-hydrogen) atoms. The summed E-state index contributed by atoms with van der Waals surface area (Å²) < 4.78 is 26.3. The number of amides is 1. The van der Waals surface area contributed by atoms with Crippen LogP contribution in [0.2, 0.25) is 0 Å². The van der Waals surface area contributed by atoms with Crippen LogP contribution >= 0.6 is 0 Å². The van der Waals surface area contributed by atoms with E-state index in [2.05, 4.69) is 20.2 Å². The second-order valence-corrected chi connectivity index (χ2v) is 9.94. The van der Waals surface area contributed by atoms with Gasteiger partial charge in [-0.05, 0) is 49.2 Å². The minimum absolute atomic E-state index is 0.0168. The number of carbonyl (C=O) groups is 1. The fraction of sp³-hybridized carbons (Fsp3) is 0.286. The van der Waals surface area contributed by atoms with E-state index >= 15 is 0 Å². The highest BCUT2D eigenvalue weighted by molar-refractivity contribution is 7.89. The van der Waals surface area contributed by atoms with Crippen molar-refractivity contribution < 1.29 is 13.2 Å². The minimum atomic E-state index is -3.73. The van der Waals surface area contributed by atoms with Crippen LogP contribution in [-0.4, -0.2) is 55.8 Å². The summed E-state index contributed by atoms with van der Waals surface area (Å²) in [5, 5.41) is 2.96. The van der Waals surface area contributed by atoms with Crippen LogP contribution in [0.25, 0.3) is 10.9 Å². The van der Waals surface area contributed by atoms with Gasteiger partial charge in [-0.3, -0.25) is 14.6 Å². The van der Waals surface area contributed by atoms with Gasteiger partial charge in [0.1, 0.15) is 0 Å². The van der Waals surface area contributed by atoms with Crippen LogP contribution in [0.15, 0.2) is 50.9 Å². The summed E-state index contributed by atoms with van der Waals surface area (Å²) in [6, 6.07) is 9.08. The molecule has 11 heteroatoms. The summed E-state index contributed by atoms with van der Waals surface area (Å²) >= 11 is 0. The fourth-order valence-electron chi connectivity index (χ4n) is 3.74. The van der Waals surface area contributed by atoms with Gasteiger partial charge in [0, 0.05) is 38.6 Å². The van der Waals surface area contributed by atoms with Crippen molar-refractivity contribution in [3.63, 3.8) is 0 Å². The molecule has 1 aliphatic rings. The van der Waals surface area contributed by atoms with E-state index in [-0.39, 0.29) is 15.8 Å². The number of H-pyrrole nitrogens is 2. The van der Waals surface area contributed by atoms with E-state index in [9.17, 15) is 22.8 Å². The van der Waals surface area contributed by atoms with Gasteiger partial charge in [0.05, 0.1) is 21.4 Å². The smallest absolute Gasteiger partial charge is 0.326 e. The first-order valence-electron chi connectivity index (χ1n) is 10.1. The number of carbonyl (C=O) groups excluding carboxylic acids is 1. The lowest BCUT2D eigenvalue weighted by Gasteiger charge is -2.22. The Kier molecular flexibility index (Phi) is 5.61. The van der Waals surface area contributed by atoms with E-state index in [0.29, 0.717) is 16.9 Å². The highest BCUT2D eigenvalue weighted by Crippen LogP contribution is 2.29. The third-order valence-electron chi connectivity index (χ3n) is 5.44. The Hall–Kier alpha value is -3.44. The topological polar surface area (TPSA) is 135 Å². The van der Waals surface area contributed by atoms with Gasteiger partial charge in [-0.2, -0.15) is 0 Å². The van der Waals surface area contributed by atoms with E-state index < -0.39 is 27.2 Å². The molecule has 4 rings (SSSR count). The fourth-order valence-corrected chi connectivity index (χ4v) is 4.67. The third-order valence-corrected chi connectivity index (χ3v) is 7.25. The van der Waals surface area contributed by atoms with E-state index in [0.717, 1.165) is 30.2 Å². The average molecular weight is 458 g/mol. The van der Waals surface area contributed by atoms with Crippen LogP contribution in [0.5, 0.6) is 0 Å². The first kappa shape index (κ1) is 21.8. The van der Waals surface area contributed by atoms with Gasteiger partial charge in [-0.1, -0.05) is 0 Å². The molecule has 1 aliphatic heterocycles. The molecule has 3 aromatic rings. The number of rotatable bonds is 5. The lowest BCUT2D eigenvalue weighted by molar-refractivity contribution is 0.102. The zero-order valence-corrected chi connectivity index (χ0v) is 18.5. The summed E-state index contributed by atoms with van der Waals surface area (Å²) in [5.74, 6) is -0.497. The van der Waals surface area contributed by atoms with Crippen molar-refractivity contribution in [2.75, 3.05) is 37.4 Å². The van der Waals surface area contributed by atoms with Gasteiger partial charge in [0.15, 0.2) is 0 Å². The first-order chi connectivity index (χ1) is 15.2. The highest BCUT2D eigenvalue weighted by Gasteiger charge is 2.24. The number of benzene rings is 2. The van der Waals surface area contributed by atoms with Crippen LogP contribution in [-0.2, 0) is 10.0 Å². The molecule has 1 saturated heterocycles. The number of aromatic amines is 2. The standard InChI is InChI=1S/C21H23N5O5S/c1-25(2)32(30,31)14-6-8-18(26-9-3-4-10-26)16(12-14)20(28)22-13-5-7-17-15(11-13)19(27)24-21(29)23-17/h5-8,11-12H,3-4,9-10H2,1-2H3,(H,22,28)(H2,23,24,27,29). The molecule has 0 spiro atoms. The molecular formula is C21H23N5O5S. The quantitative estimate of drug-likeness (QED) is 0.529. The Morgan fingerprint density at radius 1 is 1.03 bits per heavy atom. The molecule has 1 fully saturated rings. The molecule has 0 unspecified atom stereocenters. The monoisotopic (exact) mass is 457 g/mol. The van der Waals surface area contributed by atoms with Gasteiger partial charge in [0.25, 0.3) is 11.5 Å². The molecule has 3 N–H and O–H groups in total. The summed E-state index contributed by atoms with van der Waals surface area (Å²) in [7, 11) is -0.867. The molecule has 1 aromatic heterocycles. The van der Waals surface area contributed by atoms with Crippen molar-refractivity contribution >= 4 is 38.2 Å². The minimum Gasteiger partial charge on any atom is -0.371 e. The Labute approximate surface area is 183 Å². The maximum atomic E-state index is 13.2. The predicted molar refractivity (Wildman–Crippen MR) is 122 cm³/mol. The van der Waals surface area contributed by atoms with Gasteiger partial charge in [-0.15, -0.1) is 0 Å². The zero-order valence-electron chi connectivity index (χ0n) is 17.6. The lowest BCUT2D eigenvalue weighted by Crippen LogP contribution is -2.26. The van der Waals surface area contributed by atoms with E-state index in [4.69, 9.17) is 0 Å². The molecular weight excluding hydrogens is 434 g/mol. The van der Waals surface area contributed by atoms with Gasteiger partial charge in [0.2, 0.25) is 10.0 Å². The van der Waals surface area contributed by atoms with Crippen LogP contribution < -0.4 is 21.5 Å². The second-order valence-electron chi connectivity index (χ2n) is 7.78. The maximum absolute atomic E-state index is 13.2. The number of sulfonamides is 1. The molecule has 10 nitrogen and oxygen atoms in total. The lowest BCUT2D eigenvalue weighted by atomic mass is 10.1. The largest absolute Gasteiger partial charge is 0.371 e. The molecule has 2 aromatic carbocycles. The normalized spacial score (nSPS) is 14.3. The summed E-state index contributed by atoms with van der Waals surface area (Å²) in [6.45, 7) is 1.55. The summed E-state index contributed by atoms with van der Waals surface area (Å²) in [6.07, 6.45) is 1.98. The van der Waals surface area contributed by atoms with Crippen molar-refractivity contribution in [2.24, 2.45) is 0 Å². The van der Waals surface area contributed by atoms with Crippen molar-refractivity contribution in [1.29, 1.82) is 0 Å². The van der Waals surface area contributed by atoms with Crippen LogP contribution in [0.3, 0.4) is 0 Å². The Bertz CT molecular complexity index is 1420. The molecule has 0 aliphatic carbocycles. The predicted octanol–water partition coefficient (Wildman–Crippen LogP) is 1.32. The molecule has 0 bridgehead atoms. The highest BCUT2D eigenvalue weighted by atomic mass is 32.2. The van der Waals surface area contributed by atoms with Gasteiger partial charge in [-0.25, -0.2) is 17.5 Å². The molecule has 2 heterocycles. The zero-order chi connectivity index (χ0) is 23.0. The number of nitrogens with one attached hydrogen (secondary N) is 3. The third kappa shape index (κ3) is 4.04. The molecule has 1 amide bonds. The number of nitrogens with zero attached hydrogens (tertiary/aromatic N) is 2. The Morgan fingerprint density at radius 2 is 1.75 bits per heavy atom. The van der Waals surface area contributed by atoms with Crippen LogP contribution in [0.1, 0.15) is 23.2 Å².